The molecule has 0 amide bonds. The second-order valence-electron chi connectivity index (χ2n) is 4.61. The molecule has 0 saturated heterocycles. The van der Waals surface area contributed by atoms with Crippen molar-refractivity contribution in [3.05, 3.63) is 64.5 Å². The summed E-state index contributed by atoms with van der Waals surface area (Å²) in [5.41, 5.74) is 3.37. The number of aromatic carboxylic acids is 1. The molecule has 0 saturated carbocycles. The summed E-state index contributed by atoms with van der Waals surface area (Å²) in [4.78, 5) is 11.7. The molecule has 0 aliphatic carbocycles. The van der Waals surface area contributed by atoms with Crippen LogP contribution < -0.4 is 0 Å². The highest BCUT2D eigenvalue weighted by molar-refractivity contribution is 7.98. The fourth-order valence-corrected chi connectivity index (χ4v) is 3.12. The highest BCUT2D eigenvalue weighted by atomic mass is 32.2. The van der Waals surface area contributed by atoms with E-state index in [1.807, 2.05) is 6.07 Å². The van der Waals surface area contributed by atoms with E-state index in [4.69, 9.17) is 5.11 Å². The van der Waals surface area contributed by atoms with E-state index in [1.165, 1.54) is 40.6 Å². The number of hydrogen-bond donors (Lipinski definition) is 1. The van der Waals surface area contributed by atoms with Gasteiger partial charge in [-0.3, -0.25) is 0 Å². The van der Waals surface area contributed by atoms with Crippen molar-refractivity contribution in [1.82, 2.24) is 0 Å². The predicted octanol–water partition coefficient (Wildman–Crippen LogP) is 4.43. The van der Waals surface area contributed by atoms with E-state index in [0.717, 1.165) is 10.6 Å². The fraction of sp³-hybridized carbons (Fsp3) is 0.188. The maximum absolute atomic E-state index is 13.3. The summed E-state index contributed by atoms with van der Waals surface area (Å²) in [6, 6.07) is 10.3. The molecule has 0 aromatic heterocycles. The molecule has 0 atom stereocenters. The molecule has 2 aromatic rings. The summed E-state index contributed by atoms with van der Waals surface area (Å²) in [6.45, 7) is 4.10. The van der Waals surface area contributed by atoms with Crippen molar-refractivity contribution in [2.24, 2.45) is 0 Å². The zero-order valence-electron chi connectivity index (χ0n) is 11.3. The van der Waals surface area contributed by atoms with E-state index in [9.17, 15) is 9.18 Å². The lowest BCUT2D eigenvalue weighted by atomic mass is 10.1. The Morgan fingerprint density at radius 2 is 1.85 bits per heavy atom. The van der Waals surface area contributed by atoms with Crippen LogP contribution in [-0.2, 0) is 5.75 Å². The van der Waals surface area contributed by atoms with Crippen LogP contribution in [0.5, 0.6) is 0 Å². The molecule has 20 heavy (non-hydrogen) atoms. The number of carbonyl (C=O) groups is 1. The number of hydrogen-bond acceptors (Lipinski definition) is 2. The van der Waals surface area contributed by atoms with Crippen molar-refractivity contribution in [3.63, 3.8) is 0 Å². The van der Waals surface area contributed by atoms with Crippen molar-refractivity contribution in [3.8, 4) is 0 Å². The molecule has 4 heteroatoms. The van der Waals surface area contributed by atoms with Gasteiger partial charge in [-0.1, -0.05) is 18.2 Å². The third-order valence-corrected chi connectivity index (χ3v) is 4.22. The van der Waals surface area contributed by atoms with Crippen LogP contribution in [0, 0.1) is 19.7 Å². The lowest BCUT2D eigenvalue weighted by Gasteiger charge is -2.09. The fourth-order valence-electron chi connectivity index (χ4n) is 1.99. The average molecular weight is 290 g/mol. The Hall–Kier alpha value is -1.81. The van der Waals surface area contributed by atoms with Crippen molar-refractivity contribution in [2.45, 2.75) is 24.5 Å². The van der Waals surface area contributed by atoms with Gasteiger partial charge in [-0.25, -0.2) is 9.18 Å². The monoisotopic (exact) mass is 290 g/mol. The Kier molecular flexibility index (Phi) is 4.45. The minimum atomic E-state index is -1.24. The van der Waals surface area contributed by atoms with Crippen LogP contribution in [-0.4, -0.2) is 11.1 Å². The molecule has 0 aliphatic heterocycles. The molecule has 0 unspecified atom stereocenters. The molecule has 2 aromatic carbocycles. The van der Waals surface area contributed by atoms with Crippen molar-refractivity contribution < 1.29 is 14.3 Å². The number of carboxylic acid groups (broad SMARTS) is 1. The van der Waals surface area contributed by atoms with Gasteiger partial charge in [0.15, 0.2) is 0 Å². The van der Waals surface area contributed by atoms with Crippen LogP contribution in [0.15, 0.2) is 41.3 Å². The highest BCUT2D eigenvalue weighted by Crippen LogP contribution is 2.27. The topological polar surface area (TPSA) is 37.3 Å². The van der Waals surface area contributed by atoms with E-state index in [2.05, 4.69) is 26.0 Å². The van der Waals surface area contributed by atoms with Crippen LogP contribution in [0.3, 0.4) is 0 Å². The molecule has 2 rings (SSSR count). The summed E-state index contributed by atoms with van der Waals surface area (Å²) in [5, 5.41) is 8.91. The van der Waals surface area contributed by atoms with E-state index >= 15 is 0 Å². The maximum atomic E-state index is 13.3. The number of halogens is 1. The first kappa shape index (κ1) is 14.6. The van der Waals surface area contributed by atoms with E-state index in [0.29, 0.717) is 0 Å². The van der Waals surface area contributed by atoms with Crippen molar-refractivity contribution >= 4 is 17.7 Å². The molecule has 0 radical (unpaired) electrons. The smallest absolute Gasteiger partial charge is 0.338 e. The van der Waals surface area contributed by atoms with Gasteiger partial charge in [0, 0.05) is 10.6 Å². The minimum absolute atomic E-state index is 0.281. The van der Waals surface area contributed by atoms with E-state index in [1.54, 1.807) is 6.07 Å². The summed E-state index contributed by atoms with van der Waals surface area (Å²) in [5.74, 6) is -1.20. The van der Waals surface area contributed by atoms with Crippen LogP contribution in [0.25, 0.3) is 0 Å². The van der Waals surface area contributed by atoms with Crippen LogP contribution in [0.2, 0.25) is 0 Å². The number of benzene rings is 2. The van der Waals surface area contributed by atoms with Gasteiger partial charge in [0.05, 0.1) is 5.56 Å². The van der Waals surface area contributed by atoms with Crippen molar-refractivity contribution in [1.29, 1.82) is 0 Å². The van der Waals surface area contributed by atoms with Crippen LogP contribution >= 0.6 is 11.8 Å². The lowest BCUT2D eigenvalue weighted by molar-refractivity contribution is 0.0691. The summed E-state index contributed by atoms with van der Waals surface area (Å²) >= 11 is 1.51. The van der Waals surface area contributed by atoms with Gasteiger partial charge < -0.3 is 5.11 Å². The van der Waals surface area contributed by atoms with Gasteiger partial charge in [-0.2, -0.15) is 0 Å². The zero-order valence-corrected chi connectivity index (χ0v) is 12.1. The Morgan fingerprint density at radius 3 is 2.45 bits per heavy atom. The SMILES string of the molecule is Cc1cccc(C)c1CSc1ccc(F)c(C(=O)O)c1. The first-order valence-corrected chi connectivity index (χ1v) is 7.18. The quantitative estimate of drug-likeness (QED) is 0.846. The van der Waals surface area contributed by atoms with Gasteiger partial charge in [0.25, 0.3) is 0 Å². The van der Waals surface area contributed by atoms with E-state index in [-0.39, 0.29) is 5.56 Å². The second-order valence-corrected chi connectivity index (χ2v) is 5.65. The zero-order chi connectivity index (χ0) is 14.7. The first-order valence-electron chi connectivity index (χ1n) is 6.20. The molecule has 104 valence electrons. The molecular formula is C16H15FO2S. The minimum Gasteiger partial charge on any atom is -0.478 e. The number of rotatable bonds is 4. The van der Waals surface area contributed by atoms with Gasteiger partial charge in [-0.05, 0) is 48.7 Å². The first-order chi connectivity index (χ1) is 9.49. The third-order valence-electron chi connectivity index (χ3n) is 3.20. The Balaban J connectivity index is 2.19. The van der Waals surface area contributed by atoms with E-state index < -0.39 is 11.8 Å². The predicted molar refractivity (Wildman–Crippen MR) is 78.8 cm³/mol. The largest absolute Gasteiger partial charge is 0.478 e. The standard InChI is InChI=1S/C16H15FO2S/c1-10-4-3-5-11(2)14(10)9-20-12-6-7-15(17)13(8-12)16(18)19/h3-8H,9H2,1-2H3,(H,18,19). The molecule has 1 N–H and O–H groups in total. The van der Waals surface area contributed by atoms with Crippen LogP contribution in [0.4, 0.5) is 4.39 Å². The number of thioether (sulfide) groups is 1. The molecule has 0 bridgehead atoms. The molecule has 2 nitrogen and oxygen atoms in total. The summed E-state index contributed by atoms with van der Waals surface area (Å²) < 4.78 is 13.3. The van der Waals surface area contributed by atoms with Crippen molar-refractivity contribution in [2.75, 3.05) is 0 Å². The molecule has 0 heterocycles. The molecule has 0 fully saturated rings. The van der Waals surface area contributed by atoms with Crippen LogP contribution in [0.1, 0.15) is 27.0 Å². The number of carboxylic acids is 1. The summed E-state index contributed by atoms with van der Waals surface area (Å²) in [6.07, 6.45) is 0. The maximum Gasteiger partial charge on any atom is 0.338 e. The van der Waals surface area contributed by atoms with Gasteiger partial charge >= 0.3 is 5.97 Å². The van der Waals surface area contributed by atoms with Gasteiger partial charge in [0.2, 0.25) is 0 Å². The second kappa shape index (κ2) is 6.09. The molecule has 0 spiro atoms. The van der Waals surface area contributed by atoms with Gasteiger partial charge in [-0.15, -0.1) is 11.8 Å². The Morgan fingerprint density at radius 1 is 1.20 bits per heavy atom. The number of aryl methyl sites for hydroxylation is 2. The normalized spacial score (nSPS) is 10.6. The third kappa shape index (κ3) is 3.20. The highest BCUT2D eigenvalue weighted by Gasteiger charge is 2.11. The average Bonchev–Trinajstić information content (AvgIpc) is 2.39. The Bertz CT molecular complexity index is 633. The Labute approximate surface area is 121 Å². The molecule has 0 aliphatic rings. The van der Waals surface area contributed by atoms with Gasteiger partial charge in [0.1, 0.15) is 5.82 Å². The lowest BCUT2D eigenvalue weighted by Crippen LogP contribution is -2.00. The molecular weight excluding hydrogens is 275 g/mol. The summed E-state index contributed by atoms with van der Waals surface area (Å²) in [7, 11) is 0.